The number of imidazole rings is 1. The SMILES string of the molecule is Cc1sc(NC(=O)c2cccc3ncn(C)c23)nc1-c1ccc2c(c1)CCC(=O)N2. The number of carbonyl (C=O) groups excluding carboxylic acids is 2. The van der Waals surface area contributed by atoms with Crippen LogP contribution in [0.5, 0.6) is 0 Å². The number of amides is 2. The quantitative estimate of drug-likeness (QED) is 0.524. The highest BCUT2D eigenvalue weighted by Gasteiger charge is 2.19. The fourth-order valence-corrected chi connectivity index (χ4v) is 4.64. The van der Waals surface area contributed by atoms with Crippen molar-refractivity contribution in [3.05, 3.63) is 58.7 Å². The fraction of sp³-hybridized carbons (Fsp3) is 0.182. The van der Waals surface area contributed by atoms with E-state index in [0.717, 1.165) is 44.8 Å². The third-order valence-electron chi connectivity index (χ3n) is 5.27. The number of benzene rings is 2. The maximum absolute atomic E-state index is 12.9. The third kappa shape index (κ3) is 3.15. The maximum Gasteiger partial charge on any atom is 0.259 e. The minimum absolute atomic E-state index is 0.0496. The van der Waals surface area contributed by atoms with Crippen LogP contribution in [-0.2, 0) is 18.3 Å². The van der Waals surface area contributed by atoms with Crippen LogP contribution in [0.3, 0.4) is 0 Å². The van der Waals surface area contributed by atoms with E-state index in [-0.39, 0.29) is 11.8 Å². The second-order valence-electron chi connectivity index (χ2n) is 7.33. The van der Waals surface area contributed by atoms with Crippen LogP contribution in [-0.4, -0.2) is 26.3 Å². The zero-order valence-electron chi connectivity index (χ0n) is 16.5. The molecule has 8 heteroatoms. The molecule has 0 atom stereocenters. The Kier molecular flexibility index (Phi) is 4.36. The summed E-state index contributed by atoms with van der Waals surface area (Å²) in [5.41, 5.74) is 5.92. The van der Waals surface area contributed by atoms with Gasteiger partial charge < -0.3 is 9.88 Å². The first-order valence-electron chi connectivity index (χ1n) is 9.61. The van der Waals surface area contributed by atoms with Gasteiger partial charge in [-0.3, -0.25) is 14.9 Å². The number of anilines is 2. The average Bonchev–Trinajstić information content (AvgIpc) is 3.30. The van der Waals surface area contributed by atoms with Crippen molar-refractivity contribution in [2.75, 3.05) is 10.6 Å². The second kappa shape index (κ2) is 7.07. The van der Waals surface area contributed by atoms with Crippen LogP contribution in [0.15, 0.2) is 42.7 Å². The van der Waals surface area contributed by atoms with Crippen molar-refractivity contribution < 1.29 is 9.59 Å². The normalized spacial score (nSPS) is 13.2. The van der Waals surface area contributed by atoms with Crippen LogP contribution in [0.2, 0.25) is 0 Å². The molecule has 2 aromatic carbocycles. The third-order valence-corrected chi connectivity index (χ3v) is 6.16. The Balaban J connectivity index is 1.44. The summed E-state index contributed by atoms with van der Waals surface area (Å²) < 4.78 is 1.84. The molecule has 0 aliphatic carbocycles. The average molecular weight is 417 g/mol. The van der Waals surface area contributed by atoms with Crippen LogP contribution in [0, 0.1) is 6.92 Å². The van der Waals surface area contributed by atoms with Gasteiger partial charge in [0.25, 0.3) is 5.91 Å². The minimum Gasteiger partial charge on any atom is -0.333 e. The lowest BCUT2D eigenvalue weighted by Crippen LogP contribution is -2.18. The van der Waals surface area contributed by atoms with Gasteiger partial charge >= 0.3 is 0 Å². The lowest BCUT2D eigenvalue weighted by molar-refractivity contribution is -0.116. The zero-order chi connectivity index (χ0) is 20.8. The molecule has 150 valence electrons. The molecule has 5 rings (SSSR count). The molecule has 1 aliphatic heterocycles. The molecule has 2 N–H and O–H groups in total. The number of rotatable bonds is 3. The summed E-state index contributed by atoms with van der Waals surface area (Å²) in [5.74, 6) is -0.161. The van der Waals surface area contributed by atoms with E-state index in [0.29, 0.717) is 17.1 Å². The zero-order valence-corrected chi connectivity index (χ0v) is 17.3. The van der Waals surface area contributed by atoms with Crippen molar-refractivity contribution in [1.29, 1.82) is 0 Å². The summed E-state index contributed by atoms with van der Waals surface area (Å²) >= 11 is 1.45. The molecule has 3 heterocycles. The van der Waals surface area contributed by atoms with E-state index < -0.39 is 0 Å². The maximum atomic E-state index is 12.9. The van der Waals surface area contributed by atoms with Crippen molar-refractivity contribution >= 4 is 45.0 Å². The number of fused-ring (bicyclic) bond motifs is 2. The number of hydrogen-bond acceptors (Lipinski definition) is 5. The highest BCUT2D eigenvalue weighted by Crippen LogP contribution is 2.34. The topological polar surface area (TPSA) is 88.9 Å². The van der Waals surface area contributed by atoms with Gasteiger partial charge in [-0.2, -0.15) is 0 Å². The lowest BCUT2D eigenvalue weighted by atomic mass is 9.99. The molecule has 2 aromatic heterocycles. The van der Waals surface area contributed by atoms with Crippen molar-refractivity contribution in [2.24, 2.45) is 7.05 Å². The van der Waals surface area contributed by atoms with Crippen LogP contribution in [0.4, 0.5) is 10.8 Å². The molecular weight excluding hydrogens is 398 g/mol. The Morgan fingerprint density at radius 2 is 2.10 bits per heavy atom. The molecular formula is C22H19N5O2S. The number of hydrogen-bond donors (Lipinski definition) is 2. The summed E-state index contributed by atoms with van der Waals surface area (Å²) in [7, 11) is 1.87. The minimum atomic E-state index is -0.211. The highest BCUT2D eigenvalue weighted by molar-refractivity contribution is 7.16. The van der Waals surface area contributed by atoms with Crippen LogP contribution < -0.4 is 10.6 Å². The summed E-state index contributed by atoms with van der Waals surface area (Å²) in [6, 6.07) is 11.4. The first-order chi connectivity index (χ1) is 14.5. The summed E-state index contributed by atoms with van der Waals surface area (Å²) in [6.45, 7) is 1.99. The molecule has 1 aliphatic rings. The van der Waals surface area contributed by atoms with E-state index in [1.54, 1.807) is 12.4 Å². The Labute approximate surface area is 176 Å². The predicted octanol–water partition coefficient (Wildman–Crippen LogP) is 4.14. The van der Waals surface area contributed by atoms with Gasteiger partial charge in [-0.25, -0.2) is 9.97 Å². The Bertz CT molecular complexity index is 1320. The number of thiazole rings is 1. The van der Waals surface area contributed by atoms with Gasteiger partial charge in [-0.05, 0) is 43.2 Å². The number of carbonyl (C=O) groups is 2. The fourth-order valence-electron chi connectivity index (χ4n) is 3.81. The summed E-state index contributed by atoms with van der Waals surface area (Å²) in [6.07, 6.45) is 2.91. The standard InChI is InChI=1S/C22H19N5O2S/c1-12-19(14-6-8-16-13(10-14)7-9-18(28)24-16)25-22(30-12)26-21(29)15-4-3-5-17-20(15)27(2)11-23-17/h3-6,8,10-11H,7,9H2,1-2H3,(H,24,28)(H,25,26,29). The first kappa shape index (κ1) is 18.5. The van der Waals surface area contributed by atoms with Gasteiger partial charge in [-0.1, -0.05) is 12.1 Å². The van der Waals surface area contributed by atoms with Crippen LogP contribution in [0.25, 0.3) is 22.3 Å². The van der Waals surface area contributed by atoms with Gasteiger partial charge in [0.05, 0.1) is 28.6 Å². The molecule has 7 nitrogen and oxygen atoms in total. The summed E-state index contributed by atoms with van der Waals surface area (Å²) in [4.78, 5) is 34.5. The number of nitrogens with one attached hydrogen (secondary N) is 2. The largest absolute Gasteiger partial charge is 0.333 e. The molecule has 4 aromatic rings. The Morgan fingerprint density at radius 1 is 1.23 bits per heavy atom. The Morgan fingerprint density at radius 3 is 2.97 bits per heavy atom. The monoisotopic (exact) mass is 417 g/mol. The predicted molar refractivity (Wildman–Crippen MR) is 118 cm³/mol. The molecule has 0 radical (unpaired) electrons. The Hall–Kier alpha value is -3.52. The van der Waals surface area contributed by atoms with E-state index >= 15 is 0 Å². The molecule has 0 bridgehead atoms. The molecule has 0 unspecified atom stereocenters. The lowest BCUT2D eigenvalue weighted by Gasteiger charge is -2.17. The van der Waals surface area contributed by atoms with Gasteiger partial charge in [0.15, 0.2) is 5.13 Å². The number of para-hydroxylation sites is 1. The van der Waals surface area contributed by atoms with Gasteiger partial charge in [-0.15, -0.1) is 11.3 Å². The number of nitrogens with zero attached hydrogens (tertiary/aromatic N) is 3. The van der Waals surface area contributed by atoms with E-state index in [1.165, 1.54) is 11.3 Å². The van der Waals surface area contributed by atoms with Crippen LogP contribution >= 0.6 is 11.3 Å². The van der Waals surface area contributed by atoms with E-state index in [1.807, 2.05) is 42.8 Å². The van der Waals surface area contributed by atoms with Gasteiger partial charge in [0.1, 0.15) is 0 Å². The van der Waals surface area contributed by atoms with Crippen LogP contribution in [0.1, 0.15) is 27.2 Å². The van der Waals surface area contributed by atoms with Gasteiger partial charge in [0, 0.05) is 29.6 Å². The van der Waals surface area contributed by atoms with E-state index in [2.05, 4.69) is 26.7 Å². The van der Waals surface area contributed by atoms with E-state index in [4.69, 9.17) is 0 Å². The number of aryl methyl sites for hydroxylation is 3. The molecule has 0 spiro atoms. The van der Waals surface area contributed by atoms with Gasteiger partial charge in [0.2, 0.25) is 5.91 Å². The van der Waals surface area contributed by atoms with Crippen molar-refractivity contribution in [1.82, 2.24) is 14.5 Å². The highest BCUT2D eigenvalue weighted by atomic mass is 32.1. The molecule has 0 fully saturated rings. The molecule has 2 amide bonds. The van der Waals surface area contributed by atoms with E-state index in [9.17, 15) is 9.59 Å². The van der Waals surface area contributed by atoms with Crippen molar-refractivity contribution in [3.8, 4) is 11.3 Å². The second-order valence-corrected chi connectivity index (χ2v) is 8.53. The molecule has 0 saturated heterocycles. The molecule has 0 saturated carbocycles. The van der Waals surface area contributed by atoms with Crippen molar-refractivity contribution in [3.63, 3.8) is 0 Å². The smallest absolute Gasteiger partial charge is 0.259 e. The molecule has 30 heavy (non-hydrogen) atoms. The number of aromatic nitrogens is 3. The van der Waals surface area contributed by atoms with Crippen molar-refractivity contribution in [2.45, 2.75) is 19.8 Å². The first-order valence-corrected chi connectivity index (χ1v) is 10.4. The summed E-state index contributed by atoms with van der Waals surface area (Å²) in [5, 5.41) is 6.39.